The second kappa shape index (κ2) is 5.98. The molecule has 0 aliphatic carbocycles. The van der Waals surface area contributed by atoms with Crippen LogP contribution < -0.4 is 0 Å². The van der Waals surface area contributed by atoms with Crippen LogP contribution >= 0.6 is 0 Å². The van der Waals surface area contributed by atoms with Crippen LogP contribution in [0.1, 0.15) is 27.9 Å². The molecule has 0 aromatic heterocycles. The van der Waals surface area contributed by atoms with E-state index in [-0.39, 0.29) is 12.4 Å². The zero-order valence-electron chi connectivity index (χ0n) is 12.3. The van der Waals surface area contributed by atoms with E-state index in [1.54, 1.807) is 12.1 Å². The van der Waals surface area contributed by atoms with Crippen molar-refractivity contribution in [2.75, 3.05) is 6.61 Å². The molecule has 0 spiro atoms. The van der Waals surface area contributed by atoms with Gasteiger partial charge in [0.1, 0.15) is 0 Å². The van der Waals surface area contributed by atoms with E-state index in [1.807, 2.05) is 49.4 Å². The normalized spacial score (nSPS) is 14.7. The van der Waals surface area contributed by atoms with E-state index in [9.17, 15) is 9.59 Å². The molecule has 0 atom stereocenters. The third-order valence-electron chi connectivity index (χ3n) is 3.74. The van der Waals surface area contributed by atoms with Gasteiger partial charge in [-0.05, 0) is 12.5 Å². The molecule has 0 radical (unpaired) electrons. The number of Topliss-reactive ketones (excluding diaryl/α,β-unsaturated/α-hetero) is 1. The first-order valence-corrected chi connectivity index (χ1v) is 7.24. The van der Waals surface area contributed by atoms with Gasteiger partial charge in [-0.1, -0.05) is 60.2 Å². The third kappa shape index (κ3) is 2.70. The second-order valence-corrected chi connectivity index (χ2v) is 5.30. The quantitative estimate of drug-likeness (QED) is 0.641. The van der Waals surface area contributed by atoms with Crippen LogP contribution in [0.25, 0.3) is 5.57 Å². The molecule has 1 heterocycles. The first kappa shape index (κ1) is 14.3. The first-order valence-electron chi connectivity index (χ1n) is 7.24. The molecule has 1 aliphatic rings. The van der Waals surface area contributed by atoms with Gasteiger partial charge in [0.15, 0.2) is 5.78 Å². The van der Waals surface area contributed by atoms with Gasteiger partial charge in [-0.3, -0.25) is 4.79 Å². The minimum atomic E-state index is -0.422. The lowest BCUT2D eigenvalue weighted by Gasteiger charge is -2.19. The van der Waals surface area contributed by atoms with Crippen molar-refractivity contribution in [2.45, 2.75) is 13.3 Å². The summed E-state index contributed by atoms with van der Waals surface area (Å²) < 4.78 is 5.14. The number of hydrogen-bond acceptors (Lipinski definition) is 3. The summed E-state index contributed by atoms with van der Waals surface area (Å²) in [6, 6.07) is 16.6. The molecule has 110 valence electrons. The molecular formula is C19H16O3. The van der Waals surface area contributed by atoms with Crippen LogP contribution in [0.15, 0.2) is 60.2 Å². The number of rotatable bonds is 3. The van der Waals surface area contributed by atoms with Crippen LogP contribution in [-0.2, 0) is 9.53 Å². The summed E-state index contributed by atoms with van der Waals surface area (Å²) in [7, 11) is 0. The van der Waals surface area contributed by atoms with Crippen LogP contribution in [0, 0.1) is 6.92 Å². The maximum Gasteiger partial charge on any atom is 0.339 e. The highest BCUT2D eigenvalue weighted by Crippen LogP contribution is 2.29. The average molecular weight is 292 g/mol. The molecule has 0 saturated carbocycles. The largest absolute Gasteiger partial charge is 0.462 e. The van der Waals surface area contributed by atoms with Crippen molar-refractivity contribution in [3.05, 3.63) is 76.9 Å². The third-order valence-corrected chi connectivity index (χ3v) is 3.74. The maximum atomic E-state index is 12.7. The Hall–Kier alpha value is -2.68. The molecule has 3 heteroatoms. The van der Waals surface area contributed by atoms with Crippen LogP contribution in [0.5, 0.6) is 0 Å². The number of ether oxygens (including phenoxy) is 1. The summed E-state index contributed by atoms with van der Waals surface area (Å²) >= 11 is 0. The Balaban J connectivity index is 2.11. The summed E-state index contributed by atoms with van der Waals surface area (Å²) in [5.41, 5.74) is 3.35. The lowest BCUT2D eigenvalue weighted by molar-refractivity contribution is -0.137. The minimum Gasteiger partial charge on any atom is -0.462 e. The fourth-order valence-corrected chi connectivity index (χ4v) is 2.57. The molecular weight excluding hydrogens is 276 g/mol. The molecule has 0 bridgehead atoms. The second-order valence-electron chi connectivity index (χ2n) is 5.30. The molecule has 3 nitrogen and oxygen atoms in total. The summed E-state index contributed by atoms with van der Waals surface area (Å²) in [5.74, 6) is -0.526. The van der Waals surface area contributed by atoms with Gasteiger partial charge < -0.3 is 4.74 Å². The van der Waals surface area contributed by atoms with Crippen molar-refractivity contribution in [3.8, 4) is 0 Å². The summed E-state index contributed by atoms with van der Waals surface area (Å²) in [6.07, 6.45) is 0.447. The SMILES string of the molecule is Cc1ccc(C2=C(C(=O)c3ccccc3)CCOC2=O)cc1. The zero-order valence-corrected chi connectivity index (χ0v) is 12.3. The number of carbonyl (C=O) groups is 2. The number of benzene rings is 2. The van der Waals surface area contributed by atoms with Gasteiger partial charge in [0.25, 0.3) is 0 Å². The van der Waals surface area contributed by atoms with Crippen molar-refractivity contribution >= 4 is 17.3 Å². The molecule has 3 rings (SSSR count). The molecule has 2 aromatic carbocycles. The zero-order chi connectivity index (χ0) is 15.5. The number of ketones is 1. The highest BCUT2D eigenvalue weighted by molar-refractivity contribution is 6.27. The molecule has 2 aromatic rings. The smallest absolute Gasteiger partial charge is 0.339 e. The van der Waals surface area contributed by atoms with Gasteiger partial charge in [0.2, 0.25) is 0 Å². The Bertz CT molecular complexity index is 740. The first-order chi connectivity index (χ1) is 10.7. The Morgan fingerprint density at radius 1 is 1.00 bits per heavy atom. The van der Waals surface area contributed by atoms with Crippen molar-refractivity contribution in [1.29, 1.82) is 0 Å². The van der Waals surface area contributed by atoms with E-state index in [1.165, 1.54) is 0 Å². The van der Waals surface area contributed by atoms with E-state index >= 15 is 0 Å². The van der Waals surface area contributed by atoms with E-state index < -0.39 is 5.97 Å². The predicted molar refractivity (Wildman–Crippen MR) is 84.4 cm³/mol. The summed E-state index contributed by atoms with van der Waals surface area (Å²) in [5, 5.41) is 0. The fraction of sp³-hybridized carbons (Fsp3) is 0.158. The lowest BCUT2D eigenvalue weighted by atomic mass is 9.90. The van der Waals surface area contributed by atoms with Gasteiger partial charge in [-0.15, -0.1) is 0 Å². The van der Waals surface area contributed by atoms with Crippen LogP contribution in [0.4, 0.5) is 0 Å². The van der Waals surface area contributed by atoms with Gasteiger partial charge in [-0.2, -0.15) is 0 Å². The van der Waals surface area contributed by atoms with E-state index in [0.29, 0.717) is 23.1 Å². The molecule has 0 saturated heterocycles. The molecule has 0 fully saturated rings. The predicted octanol–water partition coefficient (Wildman–Crippen LogP) is 3.58. The highest BCUT2D eigenvalue weighted by Gasteiger charge is 2.28. The van der Waals surface area contributed by atoms with Gasteiger partial charge in [0.05, 0.1) is 12.2 Å². The van der Waals surface area contributed by atoms with E-state index in [4.69, 9.17) is 4.74 Å². The number of hydrogen-bond donors (Lipinski definition) is 0. The van der Waals surface area contributed by atoms with Gasteiger partial charge in [0, 0.05) is 17.6 Å². The number of aryl methyl sites for hydroxylation is 1. The number of cyclic esters (lactones) is 1. The molecule has 0 unspecified atom stereocenters. The molecule has 0 amide bonds. The lowest BCUT2D eigenvalue weighted by Crippen LogP contribution is -2.21. The topological polar surface area (TPSA) is 43.4 Å². The van der Waals surface area contributed by atoms with E-state index in [0.717, 1.165) is 11.1 Å². The number of esters is 1. The van der Waals surface area contributed by atoms with Gasteiger partial charge >= 0.3 is 5.97 Å². The van der Waals surface area contributed by atoms with Crippen LogP contribution in [0.2, 0.25) is 0 Å². The summed E-state index contributed by atoms with van der Waals surface area (Å²) in [6.45, 7) is 2.23. The van der Waals surface area contributed by atoms with Gasteiger partial charge in [-0.25, -0.2) is 4.79 Å². The Morgan fingerprint density at radius 3 is 2.36 bits per heavy atom. The maximum absolute atomic E-state index is 12.7. The Morgan fingerprint density at radius 2 is 1.68 bits per heavy atom. The highest BCUT2D eigenvalue weighted by atomic mass is 16.5. The Labute approximate surface area is 129 Å². The average Bonchev–Trinajstić information content (AvgIpc) is 2.56. The molecule has 22 heavy (non-hydrogen) atoms. The fourth-order valence-electron chi connectivity index (χ4n) is 2.57. The molecule has 0 N–H and O–H groups in total. The number of carbonyl (C=O) groups excluding carboxylic acids is 2. The molecule has 1 aliphatic heterocycles. The van der Waals surface area contributed by atoms with Crippen molar-refractivity contribution in [3.63, 3.8) is 0 Å². The van der Waals surface area contributed by atoms with Crippen molar-refractivity contribution in [1.82, 2.24) is 0 Å². The minimum absolute atomic E-state index is 0.104. The Kier molecular flexibility index (Phi) is 3.88. The van der Waals surface area contributed by atoms with Crippen molar-refractivity contribution < 1.29 is 14.3 Å². The van der Waals surface area contributed by atoms with E-state index in [2.05, 4.69) is 0 Å². The monoisotopic (exact) mass is 292 g/mol. The van der Waals surface area contributed by atoms with Crippen LogP contribution in [-0.4, -0.2) is 18.4 Å². The van der Waals surface area contributed by atoms with Crippen LogP contribution in [0.3, 0.4) is 0 Å². The van der Waals surface area contributed by atoms with Crippen molar-refractivity contribution in [2.24, 2.45) is 0 Å². The summed E-state index contributed by atoms with van der Waals surface area (Å²) in [4.78, 5) is 24.9. The standard InChI is InChI=1S/C19H16O3/c1-13-7-9-14(10-8-13)17-16(11-12-22-19(17)21)18(20)15-5-3-2-4-6-15/h2-10H,11-12H2,1H3.